The van der Waals surface area contributed by atoms with Crippen LogP contribution in [0.1, 0.15) is 57.9 Å². The molecule has 2 N–H and O–H groups in total. The number of carbonyl (C=O) groups is 4. The highest BCUT2D eigenvalue weighted by molar-refractivity contribution is 8.18. The summed E-state index contributed by atoms with van der Waals surface area (Å²) in [6.07, 6.45) is 2.84. The molecule has 8 heteroatoms. The van der Waals surface area contributed by atoms with E-state index in [1.807, 2.05) is 44.2 Å². The van der Waals surface area contributed by atoms with Crippen molar-refractivity contribution in [2.45, 2.75) is 33.6 Å². The molecular formula is C24H25N3O4S. The van der Waals surface area contributed by atoms with Crippen molar-refractivity contribution < 1.29 is 19.2 Å². The third kappa shape index (κ3) is 4.27. The van der Waals surface area contributed by atoms with Gasteiger partial charge in [0.1, 0.15) is 5.69 Å². The number of imide groups is 1. The van der Waals surface area contributed by atoms with Crippen LogP contribution in [-0.4, -0.2) is 45.8 Å². The van der Waals surface area contributed by atoms with E-state index in [-0.39, 0.29) is 41.3 Å². The van der Waals surface area contributed by atoms with E-state index in [1.54, 1.807) is 13.0 Å². The van der Waals surface area contributed by atoms with E-state index in [4.69, 9.17) is 0 Å². The number of fused-ring (bicyclic) bond motifs is 1. The molecule has 166 valence electrons. The van der Waals surface area contributed by atoms with Gasteiger partial charge >= 0.3 is 0 Å². The van der Waals surface area contributed by atoms with E-state index in [0.29, 0.717) is 34.6 Å². The van der Waals surface area contributed by atoms with Gasteiger partial charge in [0.25, 0.3) is 17.1 Å². The van der Waals surface area contributed by atoms with Crippen LogP contribution in [0.4, 0.5) is 4.79 Å². The molecule has 1 fully saturated rings. The van der Waals surface area contributed by atoms with Gasteiger partial charge in [-0.2, -0.15) is 0 Å². The van der Waals surface area contributed by atoms with Gasteiger partial charge in [0.2, 0.25) is 0 Å². The topological polar surface area (TPSA) is 99.3 Å². The van der Waals surface area contributed by atoms with E-state index in [9.17, 15) is 19.2 Å². The Labute approximate surface area is 190 Å². The van der Waals surface area contributed by atoms with Gasteiger partial charge < -0.3 is 10.3 Å². The molecule has 2 aliphatic rings. The van der Waals surface area contributed by atoms with Gasteiger partial charge in [-0.1, -0.05) is 44.2 Å². The predicted molar refractivity (Wildman–Crippen MR) is 123 cm³/mol. The molecule has 1 aliphatic carbocycles. The van der Waals surface area contributed by atoms with Crippen molar-refractivity contribution in [1.29, 1.82) is 0 Å². The SMILES string of the molecule is Cc1c(C(=O)NCCN2C(=O)S/C(=C\c3ccccc3)C2=O)[nH]c2c1C(=O)CC(C)(C)C2. The first-order chi connectivity index (χ1) is 15.2. The normalized spacial score (nSPS) is 18.9. The van der Waals surface area contributed by atoms with E-state index in [1.165, 1.54) is 0 Å². The first-order valence-electron chi connectivity index (χ1n) is 10.5. The number of amides is 3. The lowest BCUT2D eigenvalue weighted by Crippen LogP contribution is -2.37. The van der Waals surface area contributed by atoms with Crippen LogP contribution in [0.25, 0.3) is 6.08 Å². The van der Waals surface area contributed by atoms with Crippen LogP contribution in [0.15, 0.2) is 35.2 Å². The number of aromatic amines is 1. The minimum atomic E-state index is -0.363. The molecule has 32 heavy (non-hydrogen) atoms. The summed E-state index contributed by atoms with van der Waals surface area (Å²) in [6, 6.07) is 9.32. The Balaban J connectivity index is 1.40. The Morgan fingerprint density at radius 2 is 1.91 bits per heavy atom. The van der Waals surface area contributed by atoms with Gasteiger partial charge in [0, 0.05) is 30.8 Å². The number of carbonyl (C=O) groups excluding carboxylic acids is 4. The summed E-state index contributed by atoms with van der Waals surface area (Å²) >= 11 is 0.895. The largest absolute Gasteiger partial charge is 0.354 e. The zero-order chi connectivity index (χ0) is 23.0. The molecule has 0 saturated carbocycles. The van der Waals surface area contributed by atoms with Gasteiger partial charge in [-0.05, 0) is 47.7 Å². The molecule has 1 saturated heterocycles. The summed E-state index contributed by atoms with van der Waals surface area (Å²) in [5.41, 5.74) is 3.12. The average molecular weight is 452 g/mol. The number of rotatable bonds is 5. The maximum atomic E-state index is 12.7. The summed E-state index contributed by atoms with van der Waals surface area (Å²) in [6.45, 7) is 6.04. The Morgan fingerprint density at radius 3 is 2.62 bits per heavy atom. The minimum absolute atomic E-state index is 0.0482. The fourth-order valence-corrected chi connectivity index (χ4v) is 5.09. The van der Waals surface area contributed by atoms with Crippen LogP contribution in [0, 0.1) is 12.3 Å². The number of nitrogens with one attached hydrogen (secondary N) is 2. The number of ketones is 1. The molecule has 0 bridgehead atoms. The quantitative estimate of drug-likeness (QED) is 0.671. The second-order valence-corrected chi connectivity index (χ2v) is 9.91. The lowest BCUT2D eigenvalue weighted by atomic mass is 9.75. The molecule has 0 spiro atoms. The van der Waals surface area contributed by atoms with E-state index < -0.39 is 0 Å². The number of H-pyrrole nitrogens is 1. The Hall–Kier alpha value is -3.13. The zero-order valence-corrected chi connectivity index (χ0v) is 19.1. The number of thioether (sulfide) groups is 1. The first-order valence-corrected chi connectivity index (χ1v) is 11.3. The maximum Gasteiger partial charge on any atom is 0.293 e. The van der Waals surface area contributed by atoms with Crippen molar-refractivity contribution in [1.82, 2.24) is 15.2 Å². The van der Waals surface area contributed by atoms with Gasteiger partial charge in [-0.25, -0.2) is 0 Å². The number of hydrogen-bond donors (Lipinski definition) is 2. The average Bonchev–Trinajstić information content (AvgIpc) is 3.18. The van der Waals surface area contributed by atoms with Crippen molar-refractivity contribution in [2.75, 3.05) is 13.1 Å². The summed E-state index contributed by atoms with van der Waals surface area (Å²) < 4.78 is 0. The number of aromatic nitrogens is 1. The molecule has 1 aromatic carbocycles. The standard InChI is InChI=1S/C24H25N3O4S/c1-14-19-16(12-24(2,3)13-17(19)28)26-20(14)21(29)25-9-10-27-22(30)18(32-23(27)31)11-15-7-5-4-6-8-15/h4-8,11,26H,9-10,12-13H2,1-3H3,(H,25,29)/b18-11-. The van der Waals surface area contributed by atoms with Crippen molar-refractivity contribution in [3.63, 3.8) is 0 Å². The molecule has 7 nitrogen and oxygen atoms in total. The molecule has 2 aromatic rings. The van der Waals surface area contributed by atoms with Crippen LogP contribution in [-0.2, 0) is 11.2 Å². The molecule has 4 rings (SSSR count). The van der Waals surface area contributed by atoms with Gasteiger partial charge in [-0.3, -0.25) is 24.1 Å². The van der Waals surface area contributed by atoms with Crippen LogP contribution in [0.2, 0.25) is 0 Å². The molecule has 0 unspecified atom stereocenters. The lowest BCUT2D eigenvalue weighted by Gasteiger charge is -2.28. The third-order valence-electron chi connectivity index (χ3n) is 5.72. The van der Waals surface area contributed by atoms with Crippen LogP contribution in [0.3, 0.4) is 0 Å². The second kappa shape index (κ2) is 8.43. The molecular weight excluding hydrogens is 426 g/mol. The number of benzene rings is 1. The first kappa shape index (κ1) is 22.1. The van der Waals surface area contributed by atoms with Crippen LogP contribution in [0.5, 0.6) is 0 Å². The Kier molecular flexibility index (Phi) is 5.81. The zero-order valence-electron chi connectivity index (χ0n) is 18.3. The molecule has 2 heterocycles. The van der Waals surface area contributed by atoms with Gasteiger partial charge in [0.15, 0.2) is 5.78 Å². The monoisotopic (exact) mass is 451 g/mol. The lowest BCUT2D eigenvalue weighted by molar-refractivity contribution is -0.122. The summed E-state index contributed by atoms with van der Waals surface area (Å²) in [4.78, 5) is 54.8. The van der Waals surface area contributed by atoms with Crippen molar-refractivity contribution in [3.05, 3.63) is 63.3 Å². The highest BCUT2D eigenvalue weighted by Gasteiger charge is 2.36. The highest BCUT2D eigenvalue weighted by atomic mass is 32.2. The fraction of sp³-hybridized carbons (Fsp3) is 0.333. The molecule has 3 amide bonds. The Bertz CT molecular complexity index is 1150. The Morgan fingerprint density at radius 1 is 1.19 bits per heavy atom. The maximum absolute atomic E-state index is 12.7. The molecule has 1 aliphatic heterocycles. The van der Waals surface area contributed by atoms with Crippen LogP contribution < -0.4 is 5.32 Å². The molecule has 0 radical (unpaired) electrons. The summed E-state index contributed by atoms with van der Waals surface area (Å²) in [5.74, 6) is -0.668. The van der Waals surface area contributed by atoms with E-state index >= 15 is 0 Å². The van der Waals surface area contributed by atoms with Crippen molar-refractivity contribution >= 4 is 40.7 Å². The van der Waals surface area contributed by atoms with Crippen molar-refractivity contribution in [3.8, 4) is 0 Å². The molecule has 1 aromatic heterocycles. The minimum Gasteiger partial charge on any atom is -0.354 e. The predicted octanol–water partition coefficient (Wildman–Crippen LogP) is 3.94. The molecule has 0 atom stereocenters. The summed E-state index contributed by atoms with van der Waals surface area (Å²) in [7, 11) is 0. The fourth-order valence-electron chi connectivity index (χ4n) is 4.22. The second-order valence-electron chi connectivity index (χ2n) is 8.92. The van der Waals surface area contributed by atoms with E-state index in [0.717, 1.165) is 27.9 Å². The number of nitrogens with zero attached hydrogens (tertiary/aromatic N) is 1. The number of hydrogen-bond acceptors (Lipinski definition) is 5. The van der Waals surface area contributed by atoms with Crippen LogP contribution >= 0.6 is 11.8 Å². The van der Waals surface area contributed by atoms with E-state index in [2.05, 4.69) is 10.3 Å². The summed E-state index contributed by atoms with van der Waals surface area (Å²) in [5, 5.41) is 2.40. The van der Waals surface area contributed by atoms with Gasteiger partial charge in [0.05, 0.1) is 4.91 Å². The van der Waals surface area contributed by atoms with Gasteiger partial charge in [-0.15, -0.1) is 0 Å². The highest BCUT2D eigenvalue weighted by Crippen LogP contribution is 2.36. The smallest absolute Gasteiger partial charge is 0.293 e. The number of Topliss-reactive ketones (excluding diaryl/α,β-unsaturated/α-hetero) is 1. The third-order valence-corrected chi connectivity index (χ3v) is 6.63. The van der Waals surface area contributed by atoms with Crippen molar-refractivity contribution in [2.24, 2.45) is 5.41 Å².